The van der Waals surface area contributed by atoms with Crippen LogP contribution in [0.4, 0.5) is 4.79 Å². The van der Waals surface area contributed by atoms with Crippen LogP contribution in [0.15, 0.2) is 29.8 Å². The van der Waals surface area contributed by atoms with Gasteiger partial charge in [0.05, 0.1) is 20.3 Å². The van der Waals surface area contributed by atoms with Crippen molar-refractivity contribution in [3.05, 3.63) is 35.4 Å². The molecule has 1 aliphatic heterocycles. The number of aliphatic hydroxyl groups excluding tert-OH is 1. The number of ether oxygens (including phenoxy) is 1. The van der Waals surface area contributed by atoms with Crippen molar-refractivity contribution in [2.45, 2.75) is 0 Å². The van der Waals surface area contributed by atoms with E-state index in [1.807, 2.05) is 24.3 Å². The van der Waals surface area contributed by atoms with E-state index in [1.54, 1.807) is 7.11 Å². The third-order valence-corrected chi connectivity index (χ3v) is 3.06. The van der Waals surface area contributed by atoms with Crippen LogP contribution in [0.1, 0.15) is 5.56 Å². The normalized spacial score (nSPS) is 15.1. The molecule has 0 aromatic heterocycles. The lowest BCUT2D eigenvalue weighted by Crippen LogP contribution is -2.27. The summed E-state index contributed by atoms with van der Waals surface area (Å²) in [4.78, 5) is 12.2. The second-order valence-corrected chi connectivity index (χ2v) is 4.11. The summed E-state index contributed by atoms with van der Waals surface area (Å²) in [6.45, 7) is 0.468. The highest BCUT2D eigenvalue weighted by molar-refractivity contribution is 5.79. The van der Waals surface area contributed by atoms with Crippen molar-refractivity contribution >= 4 is 11.7 Å². The molecule has 0 radical (unpaired) electrons. The predicted molar refractivity (Wildman–Crippen MR) is 66.6 cm³/mol. The number of carbonyl (C=O) groups is 1. The summed E-state index contributed by atoms with van der Waals surface area (Å²) >= 11 is 0. The molecule has 18 heavy (non-hydrogen) atoms. The number of carboxylic acid groups (broad SMARTS) is 1. The molecule has 2 N–H and O–H groups in total. The van der Waals surface area contributed by atoms with Crippen LogP contribution in [-0.2, 0) is 0 Å². The molecule has 1 heterocycles. The first kappa shape index (κ1) is 12.4. The lowest BCUT2D eigenvalue weighted by Gasteiger charge is -2.11. The SMILES string of the molecule is COc1ccc(C2=C(CO)CN(C(=O)O)C2)cc1. The van der Waals surface area contributed by atoms with Crippen LogP contribution in [0.3, 0.4) is 0 Å². The maximum absolute atomic E-state index is 10.9. The highest BCUT2D eigenvalue weighted by atomic mass is 16.5. The maximum atomic E-state index is 10.9. The number of aliphatic hydroxyl groups is 1. The van der Waals surface area contributed by atoms with Gasteiger partial charge in [0.15, 0.2) is 0 Å². The Hall–Kier alpha value is -2.01. The van der Waals surface area contributed by atoms with Gasteiger partial charge < -0.3 is 14.9 Å². The van der Waals surface area contributed by atoms with Gasteiger partial charge >= 0.3 is 6.09 Å². The van der Waals surface area contributed by atoms with Gasteiger partial charge in [-0.1, -0.05) is 12.1 Å². The number of hydrogen-bond donors (Lipinski definition) is 2. The first-order valence-electron chi connectivity index (χ1n) is 5.59. The van der Waals surface area contributed by atoms with E-state index in [1.165, 1.54) is 4.90 Å². The summed E-state index contributed by atoms with van der Waals surface area (Å²) in [6.07, 6.45) is -0.968. The molecule has 0 fully saturated rings. The van der Waals surface area contributed by atoms with Crippen LogP contribution >= 0.6 is 0 Å². The topological polar surface area (TPSA) is 70.0 Å². The van der Waals surface area contributed by atoms with Crippen molar-refractivity contribution < 1.29 is 19.7 Å². The molecule has 5 heteroatoms. The van der Waals surface area contributed by atoms with Crippen molar-refractivity contribution in [3.8, 4) is 5.75 Å². The Morgan fingerprint density at radius 3 is 2.50 bits per heavy atom. The van der Waals surface area contributed by atoms with Crippen molar-refractivity contribution in [2.75, 3.05) is 26.8 Å². The fourth-order valence-corrected chi connectivity index (χ4v) is 2.05. The number of methoxy groups -OCH3 is 1. The van der Waals surface area contributed by atoms with Crippen LogP contribution in [0.2, 0.25) is 0 Å². The molecule has 2 rings (SSSR count). The molecule has 96 valence electrons. The van der Waals surface area contributed by atoms with Crippen LogP contribution in [-0.4, -0.2) is 48.0 Å². The molecular weight excluding hydrogens is 234 g/mol. The summed E-state index contributed by atoms with van der Waals surface area (Å²) in [6, 6.07) is 7.38. The van der Waals surface area contributed by atoms with Crippen molar-refractivity contribution in [2.24, 2.45) is 0 Å². The van der Waals surface area contributed by atoms with Crippen LogP contribution in [0.25, 0.3) is 5.57 Å². The lowest BCUT2D eigenvalue weighted by molar-refractivity contribution is 0.156. The molecule has 1 aliphatic rings. The standard InChI is InChI=1S/C13H15NO4/c1-18-11-4-2-9(3-5-11)12-7-14(13(16)17)6-10(12)8-15/h2-5,15H,6-8H2,1H3,(H,16,17). The molecule has 0 spiro atoms. The molecule has 5 nitrogen and oxygen atoms in total. The van der Waals surface area contributed by atoms with Crippen molar-refractivity contribution in [1.29, 1.82) is 0 Å². The van der Waals surface area contributed by atoms with Gasteiger partial charge in [0.25, 0.3) is 0 Å². The van der Waals surface area contributed by atoms with E-state index in [4.69, 9.17) is 9.84 Å². The zero-order valence-electron chi connectivity index (χ0n) is 10.1. The Labute approximate surface area is 105 Å². The zero-order chi connectivity index (χ0) is 13.1. The smallest absolute Gasteiger partial charge is 0.407 e. The molecular formula is C13H15NO4. The zero-order valence-corrected chi connectivity index (χ0v) is 10.1. The quantitative estimate of drug-likeness (QED) is 0.850. The van der Waals surface area contributed by atoms with E-state index < -0.39 is 6.09 Å². The fourth-order valence-electron chi connectivity index (χ4n) is 2.05. The van der Waals surface area contributed by atoms with Crippen molar-refractivity contribution in [1.82, 2.24) is 4.90 Å². The summed E-state index contributed by atoms with van der Waals surface area (Å²) in [5.41, 5.74) is 2.55. The van der Waals surface area contributed by atoms with Gasteiger partial charge in [0.2, 0.25) is 0 Å². The molecule has 0 bridgehead atoms. The average molecular weight is 249 g/mol. The third kappa shape index (κ3) is 2.31. The van der Waals surface area contributed by atoms with Crippen LogP contribution in [0, 0.1) is 0 Å². The van der Waals surface area contributed by atoms with Gasteiger partial charge in [-0.2, -0.15) is 0 Å². The van der Waals surface area contributed by atoms with Gasteiger partial charge in [-0.15, -0.1) is 0 Å². The van der Waals surface area contributed by atoms with Crippen LogP contribution < -0.4 is 4.74 Å². The number of benzene rings is 1. The average Bonchev–Trinajstić information content (AvgIpc) is 2.83. The minimum Gasteiger partial charge on any atom is -0.497 e. The van der Waals surface area contributed by atoms with Gasteiger partial charge in [0.1, 0.15) is 5.75 Å². The molecule has 1 amide bonds. The molecule has 1 aromatic carbocycles. The highest BCUT2D eigenvalue weighted by Crippen LogP contribution is 2.27. The van der Waals surface area contributed by atoms with E-state index in [-0.39, 0.29) is 13.2 Å². The van der Waals surface area contributed by atoms with E-state index in [9.17, 15) is 9.90 Å². The first-order chi connectivity index (χ1) is 8.65. The molecule has 0 saturated heterocycles. The molecule has 0 atom stereocenters. The van der Waals surface area contributed by atoms with E-state index in [2.05, 4.69) is 0 Å². The van der Waals surface area contributed by atoms with Crippen LogP contribution in [0.5, 0.6) is 5.75 Å². The van der Waals surface area contributed by atoms with E-state index in [0.29, 0.717) is 6.54 Å². The van der Waals surface area contributed by atoms with Gasteiger partial charge in [-0.05, 0) is 28.8 Å². The molecule has 0 unspecified atom stereocenters. The largest absolute Gasteiger partial charge is 0.497 e. The molecule has 0 saturated carbocycles. The van der Waals surface area contributed by atoms with Gasteiger partial charge in [-0.3, -0.25) is 4.90 Å². The number of rotatable bonds is 3. The second kappa shape index (κ2) is 5.10. The minimum atomic E-state index is -0.968. The van der Waals surface area contributed by atoms with E-state index in [0.717, 1.165) is 22.5 Å². The van der Waals surface area contributed by atoms with Gasteiger partial charge in [-0.25, -0.2) is 4.79 Å². The number of nitrogens with zero attached hydrogens (tertiary/aromatic N) is 1. The van der Waals surface area contributed by atoms with Gasteiger partial charge in [0, 0.05) is 6.54 Å². The summed E-state index contributed by atoms with van der Waals surface area (Å²) in [5, 5.41) is 18.3. The Morgan fingerprint density at radius 2 is 2.00 bits per heavy atom. The number of hydrogen-bond acceptors (Lipinski definition) is 3. The fraction of sp³-hybridized carbons (Fsp3) is 0.308. The second-order valence-electron chi connectivity index (χ2n) is 4.11. The van der Waals surface area contributed by atoms with E-state index >= 15 is 0 Å². The summed E-state index contributed by atoms with van der Waals surface area (Å²) in [7, 11) is 1.59. The third-order valence-electron chi connectivity index (χ3n) is 3.06. The summed E-state index contributed by atoms with van der Waals surface area (Å²) in [5.74, 6) is 0.748. The Balaban J connectivity index is 2.27. The first-order valence-corrected chi connectivity index (χ1v) is 5.59. The Kier molecular flexibility index (Phi) is 3.53. The maximum Gasteiger partial charge on any atom is 0.407 e. The Morgan fingerprint density at radius 1 is 1.33 bits per heavy atom. The molecule has 0 aliphatic carbocycles. The highest BCUT2D eigenvalue weighted by Gasteiger charge is 2.25. The van der Waals surface area contributed by atoms with Crippen molar-refractivity contribution in [3.63, 3.8) is 0 Å². The molecule has 1 aromatic rings. The Bertz CT molecular complexity index is 478. The lowest BCUT2D eigenvalue weighted by atomic mass is 10.0. The minimum absolute atomic E-state index is 0.120. The number of amides is 1. The monoisotopic (exact) mass is 249 g/mol. The predicted octanol–water partition coefficient (Wildman–Crippen LogP) is 1.43. The summed E-state index contributed by atoms with van der Waals surface area (Å²) < 4.78 is 5.07.